The summed E-state index contributed by atoms with van der Waals surface area (Å²) in [6, 6.07) is 0. The summed E-state index contributed by atoms with van der Waals surface area (Å²) in [6.07, 6.45) is -0.796. The summed E-state index contributed by atoms with van der Waals surface area (Å²) < 4.78 is 4.75. The Bertz CT molecular complexity index is 137. The van der Waals surface area contributed by atoms with Gasteiger partial charge in [-0.3, -0.25) is 4.90 Å². The molecule has 1 rings (SSSR count). The van der Waals surface area contributed by atoms with Gasteiger partial charge >= 0.3 is 6.09 Å². The fourth-order valence-corrected chi connectivity index (χ4v) is 0.748. The van der Waals surface area contributed by atoms with E-state index in [0.29, 0.717) is 0 Å². The van der Waals surface area contributed by atoms with E-state index in [4.69, 9.17) is 10.5 Å². The summed E-state index contributed by atoms with van der Waals surface area (Å²) in [7, 11) is 1.62. The zero-order valence-corrected chi connectivity index (χ0v) is 5.50. The average molecular weight is 130 g/mol. The zero-order valence-electron chi connectivity index (χ0n) is 5.50. The standard InChI is InChI=1S/C5H10N2O2/c1-3-4(6)7(2)5(8)9-3/h3-4H,6H2,1-2H3. The summed E-state index contributed by atoms with van der Waals surface area (Å²) in [4.78, 5) is 12.0. The van der Waals surface area contributed by atoms with Crippen molar-refractivity contribution in [3.8, 4) is 0 Å². The SMILES string of the molecule is CC1OC(=O)N(C)C1N. The summed E-state index contributed by atoms with van der Waals surface area (Å²) in [5, 5.41) is 0. The molecule has 0 aromatic heterocycles. The third-order valence-electron chi connectivity index (χ3n) is 1.50. The number of carbonyl (C=O) groups is 1. The Morgan fingerprint density at radius 1 is 1.78 bits per heavy atom. The van der Waals surface area contributed by atoms with Crippen LogP contribution in [0.1, 0.15) is 6.92 Å². The molecule has 2 unspecified atom stereocenters. The molecule has 0 aliphatic carbocycles. The van der Waals surface area contributed by atoms with Crippen LogP contribution in [-0.2, 0) is 4.74 Å². The minimum Gasteiger partial charge on any atom is -0.443 e. The lowest BCUT2D eigenvalue weighted by molar-refractivity contribution is 0.138. The van der Waals surface area contributed by atoms with Crippen molar-refractivity contribution in [2.75, 3.05) is 7.05 Å². The number of cyclic esters (lactones) is 1. The molecule has 4 nitrogen and oxygen atoms in total. The third kappa shape index (κ3) is 0.853. The van der Waals surface area contributed by atoms with Gasteiger partial charge in [0, 0.05) is 7.05 Å². The van der Waals surface area contributed by atoms with E-state index in [-0.39, 0.29) is 18.4 Å². The molecule has 1 aliphatic heterocycles. The predicted molar refractivity (Wildman–Crippen MR) is 31.7 cm³/mol. The Labute approximate surface area is 53.6 Å². The number of nitrogens with zero attached hydrogens (tertiary/aromatic N) is 1. The van der Waals surface area contributed by atoms with Crippen molar-refractivity contribution in [3.05, 3.63) is 0 Å². The van der Waals surface area contributed by atoms with E-state index in [2.05, 4.69) is 0 Å². The van der Waals surface area contributed by atoms with Crippen LogP contribution in [0.3, 0.4) is 0 Å². The second kappa shape index (κ2) is 1.88. The summed E-state index contributed by atoms with van der Waals surface area (Å²) in [6.45, 7) is 1.77. The monoisotopic (exact) mass is 130 g/mol. The molecule has 1 heterocycles. The number of nitrogens with two attached hydrogens (primary N) is 1. The molecule has 0 spiro atoms. The molecule has 0 aromatic carbocycles. The number of carbonyl (C=O) groups excluding carboxylic acids is 1. The Hall–Kier alpha value is -0.770. The normalized spacial score (nSPS) is 35.0. The minimum atomic E-state index is -0.338. The molecule has 0 saturated carbocycles. The Morgan fingerprint density at radius 2 is 2.33 bits per heavy atom. The fraction of sp³-hybridized carbons (Fsp3) is 0.800. The van der Waals surface area contributed by atoms with Gasteiger partial charge in [-0.25, -0.2) is 4.79 Å². The van der Waals surface area contributed by atoms with Gasteiger partial charge < -0.3 is 10.5 Å². The number of hydrogen-bond acceptors (Lipinski definition) is 3. The first-order valence-electron chi connectivity index (χ1n) is 2.82. The van der Waals surface area contributed by atoms with Gasteiger partial charge in [-0.1, -0.05) is 0 Å². The lowest BCUT2D eigenvalue weighted by Crippen LogP contribution is -2.40. The predicted octanol–water partition coefficient (Wildman–Crippen LogP) is -0.258. The highest BCUT2D eigenvalue weighted by molar-refractivity contribution is 5.69. The first-order valence-corrected chi connectivity index (χ1v) is 2.82. The molecule has 4 heteroatoms. The summed E-state index contributed by atoms with van der Waals surface area (Å²) in [5.41, 5.74) is 5.49. The van der Waals surface area contributed by atoms with Gasteiger partial charge in [0.1, 0.15) is 12.3 Å². The molecular formula is C5H10N2O2. The molecule has 9 heavy (non-hydrogen) atoms. The van der Waals surface area contributed by atoms with Crippen LogP contribution in [0.2, 0.25) is 0 Å². The molecule has 1 saturated heterocycles. The second-order valence-electron chi connectivity index (χ2n) is 2.19. The first-order chi connectivity index (χ1) is 4.13. The van der Waals surface area contributed by atoms with Gasteiger partial charge in [0.2, 0.25) is 0 Å². The van der Waals surface area contributed by atoms with E-state index in [0.717, 1.165) is 0 Å². The van der Waals surface area contributed by atoms with Crippen molar-refractivity contribution < 1.29 is 9.53 Å². The molecule has 1 fully saturated rings. The molecule has 52 valence electrons. The number of amides is 1. The molecule has 0 bridgehead atoms. The smallest absolute Gasteiger partial charge is 0.411 e. The van der Waals surface area contributed by atoms with Gasteiger partial charge in [-0.05, 0) is 6.92 Å². The summed E-state index contributed by atoms with van der Waals surface area (Å²) in [5.74, 6) is 0. The van der Waals surface area contributed by atoms with Crippen LogP contribution in [0.4, 0.5) is 4.79 Å². The van der Waals surface area contributed by atoms with Crippen LogP contribution < -0.4 is 5.73 Å². The maximum atomic E-state index is 10.6. The van der Waals surface area contributed by atoms with Crippen LogP contribution in [0.5, 0.6) is 0 Å². The molecular weight excluding hydrogens is 120 g/mol. The van der Waals surface area contributed by atoms with Gasteiger partial charge in [-0.15, -0.1) is 0 Å². The highest BCUT2D eigenvalue weighted by Crippen LogP contribution is 2.11. The molecule has 2 atom stereocenters. The minimum absolute atomic E-state index is 0.178. The van der Waals surface area contributed by atoms with Crippen LogP contribution >= 0.6 is 0 Å². The van der Waals surface area contributed by atoms with E-state index in [1.807, 2.05) is 0 Å². The molecule has 0 radical (unpaired) electrons. The molecule has 2 N–H and O–H groups in total. The largest absolute Gasteiger partial charge is 0.443 e. The zero-order chi connectivity index (χ0) is 7.02. The lowest BCUT2D eigenvalue weighted by atomic mass is 10.3. The van der Waals surface area contributed by atoms with Crippen molar-refractivity contribution in [1.29, 1.82) is 0 Å². The Kier molecular flexibility index (Phi) is 1.32. The lowest BCUT2D eigenvalue weighted by Gasteiger charge is -2.11. The Balaban J connectivity index is 2.65. The van der Waals surface area contributed by atoms with Crippen molar-refractivity contribution in [2.45, 2.75) is 19.2 Å². The molecule has 1 aliphatic rings. The maximum absolute atomic E-state index is 10.6. The van der Waals surface area contributed by atoms with Gasteiger partial charge in [0.15, 0.2) is 0 Å². The van der Waals surface area contributed by atoms with Crippen molar-refractivity contribution in [1.82, 2.24) is 4.90 Å². The van der Waals surface area contributed by atoms with E-state index in [1.165, 1.54) is 4.90 Å². The van der Waals surface area contributed by atoms with E-state index >= 15 is 0 Å². The van der Waals surface area contributed by atoms with Gasteiger partial charge in [-0.2, -0.15) is 0 Å². The van der Waals surface area contributed by atoms with E-state index < -0.39 is 0 Å². The topological polar surface area (TPSA) is 55.6 Å². The third-order valence-corrected chi connectivity index (χ3v) is 1.50. The first kappa shape index (κ1) is 6.35. The van der Waals surface area contributed by atoms with Crippen molar-refractivity contribution in [2.24, 2.45) is 5.73 Å². The van der Waals surface area contributed by atoms with Crippen LogP contribution in [0.15, 0.2) is 0 Å². The Morgan fingerprint density at radius 3 is 2.44 bits per heavy atom. The quantitative estimate of drug-likeness (QED) is 0.491. The average Bonchev–Trinajstić information content (AvgIpc) is 1.98. The number of hydrogen-bond donors (Lipinski definition) is 1. The summed E-state index contributed by atoms with van der Waals surface area (Å²) >= 11 is 0. The van der Waals surface area contributed by atoms with Gasteiger partial charge in [0.25, 0.3) is 0 Å². The van der Waals surface area contributed by atoms with Crippen molar-refractivity contribution >= 4 is 6.09 Å². The molecule has 1 amide bonds. The second-order valence-corrected chi connectivity index (χ2v) is 2.19. The number of rotatable bonds is 0. The fourth-order valence-electron chi connectivity index (χ4n) is 0.748. The van der Waals surface area contributed by atoms with Crippen molar-refractivity contribution in [3.63, 3.8) is 0 Å². The van der Waals surface area contributed by atoms with Gasteiger partial charge in [0.05, 0.1) is 0 Å². The van der Waals surface area contributed by atoms with E-state index in [9.17, 15) is 4.79 Å². The highest BCUT2D eigenvalue weighted by atomic mass is 16.6. The van der Waals surface area contributed by atoms with Crippen LogP contribution in [0, 0.1) is 0 Å². The maximum Gasteiger partial charge on any atom is 0.411 e. The highest BCUT2D eigenvalue weighted by Gasteiger charge is 2.32. The molecule has 0 aromatic rings. The number of likely N-dealkylation sites (N-methyl/N-ethyl adjacent to an activating group) is 1. The number of ether oxygens (including phenoxy) is 1. The van der Waals surface area contributed by atoms with E-state index in [1.54, 1.807) is 14.0 Å². The van der Waals surface area contributed by atoms with Crippen LogP contribution in [0.25, 0.3) is 0 Å². The van der Waals surface area contributed by atoms with Crippen LogP contribution in [-0.4, -0.2) is 30.3 Å².